The van der Waals surface area contributed by atoms with Crippen LogP contribution in [-0.4, -0.2) is 11.1 Å². The zero-order chi connectivity index (χ0) is 17.9. The summed E-state index contributed by atoms with van der Waals surface area (Å²) in [5.74, 6) is 0.466. The molecule has 4 rings (SSSR count). The van der Waals surface area contributed by atoms with Crippen LogP contribution >= 0.6 is 11.8 Å². The molecule has 0 spiro atoms. The highest BCUT2D eigenvalue weighted by atomic mass is 32.2. The number of amides is 2. The molecule has 5 heteroatoms. The van der Waals surface area contributed by atoms with Gasteiger partial charge in [0, 0.05) is 0 Å². The van der Waals surface area contributed by atoms with Crippen molar-refractivity contribution in [3.05, 3.63) is 82.8 Å². The van der Waals surface area contributed by atoms with Crippen molar-refractivity contribution in [1.82, 2.24) is 5.32 Å². The van der Waals surface area contributed by atoms with Crippen molar-refractivity contribution in [2.45, 2.75) is 6.61 Å². The molecule has 0 radical (unpaired) electrons. The smallest absolute Gasteiger partial charge is 0.290 e. The zero-order valence-corrected chi connectivity index (χ0v) is 14.6. The Kier molecular flexibility index (Phi) is 4.46. The van der Waals surface area contributed by atoms with Gasteiger partial charge in [-0.15, -0.1) is 0 Å². The van der Waals surface area contributed by atoms with Gasteiger partial charge in [0.1, 0.15) is 12.4 Å². The van der Waals surface area contributed by atoms with Crippen molar-refractivity contribution in [3.63, 3.8) is 0 Å². The van der Waals surface area contributed by atoms with Gasteiger partial charge in [-0.25, -0.2) is 0 Å². The van der Waals surface area contributed by atoms with Gasteiger partial charge < -0.3 is 4.74 Å². The molecule has 1 N–H and O–H groups in total. The Hall–Kier alpha value is -3.05. The molecule has 0 saturated carbocycles. The molecule has 4 nitrogen and oxygen atoms in total. The number of ether oxygens (including phenoxy) is 1. The number of nitrogens with one attached hydrogen (secondary N) is 1. The fraction of sp³-hybridized carbons (Fsp3) is 0.0476. The second kappa shape index (κ2) is 7.06. The monoisotopic (exact) mass is 361 g/mol. The van der Waals surface area contributed by atoms with Gasteiger partial charge >= 0.3 is 0 Å². The van der Waals surface area contributed by atoms with Gasteiger partial charge in [0.2, 0.25) is 0 Å². The van der Waals surface area contributed by atoms with Crippen LogP contribution in [0.15, 0.2) is 71.6 Å². The van der Waals surface area contributed by atoms with Gasteiger partial charge in [-0.2, -0.15) is 0 Å². The normalized spacial score (nSPS) is 15.5. The number of imide groups is 1. The molecule has 0 bridgehead atoms. The highest BCUT2D eigenvalue weighted by Gasteiger charge is 2.24. The minimum Gasteiger partial charge on any atom is -0.489 e. The van der Waals surface area contributed by atoms with E-state index in [-0.39, 0.29) is 11.1 Å². The number of carbonyl (C=O) groups is 2. The molecule has 128 valence electrons. The van der Waals surface area contributed by atoms with Crippen LogP contribution in [0, 0.1) is 0 Å². The maximum atomic E-state index is 11.6. The molecule has 0 atom stereocenters. The Balaban J connectivity index is 1.54. The topological polar surface area (TPSA) is 55.4 Å². The average Bonchev–Trinajstić information content (AvgIpc) is 2.97. The summed E-state index contributed by atoms with van der Waals surface area (Å²) in [6.07, 6.45) is 1.73. The lowest BCUT2D eigenvalue weighted by atomic mass is 10.1. The molecule has 3 aromatic carbocycles. The Morgan fingerprint density at radius 3 is 2.46 bits per heavy atom. The molecule has 1 aliphatic heterocycles. The summed E-state index contributed by atoms with van der Waals surface area (Å²) in [6, 6.07) is 21.8. The first-order chi connectivity index (χ1) is 12.7. The van der Waals surface area contributed by atoms with E-state index in [0.29, 0.717) is 11.5 Å². The van der Waals surface area contributed by atoms with Crippen LogP contribution in [0.2, 0.25) is 0 Å². The van der Waals surface area contributed by atoms with Crippen molar-refractivity contribution in [2.75, 3.05) is 0 Å². The molecular formula is C21H15NO3S. The van der Waals surface area contributed by atoms with E-state index in [1.807, 2.05) is 66.7 Å². The van der Waals surface area contributed by atoms with E-state index in [2.05, 4.69) is 5.32 Å². The fourth-order valence-electron chi connectivity index (χ4n) is 2.74. The number of hydrogen-bond acceptors (Lipinski definition) is 4. The summed E-state index contributed by atoms with van der Waals surface area (Å²) in [6.45, 7) is 0.525. The molecule has 1 aliphatic rings. The molecule has 26 heavy (non-hydrogen) atoms. The molecule has 1 saturated heterocycles. The van der Waals surface area contributed by atoms with Gasteiger partial charge in [0.15, 0.2) is 0 Å². The van der Waals surface area contributed by atoms with E-state index in [1.165, 1.54) is 0 Å². The van der Waals surface area contributed by atoms with E-state index in [4.69, 9.17) is 4.74 Å². The standard InChI is InChI=1S/C21H15NO3S/c23-20-19(26-21(24)22-20)11-15-6-7-17-12-18(9-8-16(17)10-15)25-13-14-4-2-1-3-5-14/h1-12H,13H2,(H,22,23,24)/b19-11-. The highest BCUT2D eigenvalue weighted by Crippen LogP contribution is 2.28. The number of thioether (sulfide) groups is 1. The number of fused-ring (bicyclic) bond motifs is 1. The van der Waals surface area contributed by atoms with Crippen molar-refractivity contribution < 1.29 is 14.3 Å². The van der Waals surface area contributed by atoms with Crippen molar-refractivity contribution >= 4 is 39.8 Å². The van der Waals surface area contributed by atoms with Crippen LogP contribution in [0.25, 0.3) is 16.8 Å². The minimum atomic E-state index is -0.343. The van der Waals surface area contributed by atoms with Crippen LogP contribution in [0.4, 0.5) is 4.79 Å². The summed E-state index contributed by atoms with van der Waals surface area (Å²) in [4.78, 5) is 23.3. The average molecular weight is 361 g/mol. The van der Waals surface area contributed by atoms with E-state index in [1.54, 1.807) is 6.08 Å². The lowest BCUT2D eigenvalue weighted by molar-refractivity contribution is -0.115. The van der Waals surface area contributed by atoms with E-state index in [9.17, 15) is 9.59 Å². The Morgan fingerprint density at radius 2 is 1.69 bits per heavy atom. The predicted octanol–water partition coefficient (Wildman–Crippen LogP) is 4.74. The summed E-state index contributed by atoms with van der Waals surface area (Å²) >= 11 is 0.922. The summed E-state index contributed by atoms with van der Waals surface area (Å²) < 4.78 is 5.86. The van der Waals surface area contributed by atoms with Crippen molar-refractivity contribution in [2.24, 2.45) is 0 Å². The Labute approximate surface area is 154 Å². The van der Waals surface area contributed by atoms with Crippen LogP contribution in [0.1, 0.15) is 11.1 Å². The minimum absolute atomic E-state index is 0.331. The maximum Gasteiger partial charge on any atom is 0.290 e. The fourth-order valence-corrected chi connectivity index (χ4v) is 3.42. The third kappa shape index (κ3) is 3.63. The lowest BCUT2D eigenvalue weighted by Gasteiger charge is -2.08. The van der Waals surface area contributed by atoms with Crippen LogP contribution < -0.4 is 10.1 Å². The lowest BCUT2D eigenvalue weighted by Crippen LogP contribution is -2.17. The highest BCUT2D eigenvalue weighted by molar-refractivity contribution is 8.18. The third-order valence-electron chi connectivity index (χ3n) is 4.02. The van der Waals surface area contributed by atoms with E-state index < -0.39 is 0 Å². The SMILES string of the molecule is O=C1NC(=O)/C(=C/c2ccc3cc(OCc4ccccc4)ccc3c2)S1. The number of hydrogen-bond donors (Lipinski definition) is 1. The summed E-state index contributed by atoms with van der Waals surface area (Å²) in [5.41, 5.74) is 2.00. The first-order valence-corrected chi connectivity index (χ1v) is 8.94. The molecule has 1 heterocycles. The number of benzene rings is 3. The van der Waals surface area contributed by atoms with Gasteiger partial charge in [-0.3, -0.25) is 14.9 Å². The van der Waals surface area contributed by atoms with Gasteiger partial charge in [-0.1, -0.05) is 48.5 Å². The number of rotatable bonds is 4. The molecular weight excluding hydrogens is 346 g/mol. The Morgan fingerprint density at radius 1 is 0.923 bits per heavy atom. The van der Waals surface area contributed by atoms with Gasteiger partial charge in [0.25, 0.3) is 11.1 Å². The van der Waals surface area contributed by atoms with E-state index >= 15 is 0 Å². The quantitative estimate of drug-likeness (QED) is 0.682. The predicted molar refractivity (Wildman–Crippen MR) is 104 cm³/mol. The molecule has 2 amide bonds. The van der Waals surface area contributed by atoms with Gasteiger partial charge in [0.05, 0.1) is 4.91 Å². The second-order valence-corrected chi connectivity index (χ2v) is 6.91. The van der Waals surface area contributed by atoms with E-state index in [0.717, 1.165) is 39.4 Å². The maximum absolute atomic E-state index is 11.6. The van der Waals surface area contributed by atoms with Crippen LogP contribution in [0.3, 0.4) is 0 Å². The molecule has 0 aliphatic carbocycles. The third-order valence-corrected chi connectivity index (χ3v) is 4.83. The molecule has 1 fully saturated rings. The van der Waals surface area contributed by atoms with Crippen molar-refractivity contribution in [1.29, 1.82) is 0 Å². The Bertz CT molecular complexity index is 1030. The first-order valence-electron chi connectivity index (χ1n) is 8.13. The molecule has 0 aromatic heterocycles. The molecule has 3 aromatic rings. The number of carbonyl (C=O) groups excluding carboxylic acids is 2. The zero-order valence-electron chi connectivity index (χ0n) is 13.8. The van der Waals surface area contributed by atoms with Gasteiger partial charge in [-0.05, 0) is 57.9 Å². The largest absolute Gasteiger partial charge is 0.489 e. The first kappa shape index (κ1) is 16.4. The second-order valence-electron chi connectivity index (χ2n) is 5.89. The van der Waals surface area contributed by atoms with Crippen LogP contribution in [-0.2, 0) is 11.4 Å². The molecule has 0 unspecified atom stereocenters. The van der Waals surface area contributed by atoms with Crippen molar-refractivity contribution in [3.8, 4) is 5.75 Å². The summed E-state index contributed by atoms with van der Waals surface area (Å²) in [7, 11) is 0. The van der Waals surface area contributed by atoms with Crippen LogP contribution in [0.5, 0.6) is 5.75 Å². The summed E-state index contributed by atoms with van der Waals surface area (Å²) in [5, 5.41) is 4.02.